The number of hydrogen-bond acceptors (Lipinski definition) is 5. The summed E-state index contributed by atoms with van der Waals surface area (Å²) in [5, 5.41) is 4.12. The van der Waals surface area contributed by atoms with E-state index in [9.17, 15) is 0 Å². The molecule has 0 spiro atoms. The summed E-state index contributed by atoms with van der Waals surface area (Å²) in [5.41, 5.74) is -0.640. The quantitative estimate of drug-likeness (QED) is 0.637. The normalized spacial score (nSPS) is 13.5. The molecule has 0 bridgehead atoms. The molecule has 0 aliphatic heterocycles. The predicted molar refractivity (Wildman–Crippen MR) is 95.9 cm³/mol. The fourth-order valence-corrected chi connectivity index (χ4v) is 2.65. The van der Waals surface area contributed by atoms with Crippen LogP contribution in [0.15, 0.2) is 33.3 Å². The number of rotatable bonds is 7. The van der Waals surface area contributed by atoms with Gasteiger partial charge in [0.05, 0.1) is 6.10 Å². The first-order valence-electron chi connectivity index (χ1n) is 8.13. The Morgan fingerprint density at radius 2 is 1.71 bits per heavy atom. The Balaban J connectivity index is 2.21. The minimum absolute atomic E-state index is 0.0651. The minimum atomic E-state index is -0.640. The third-order valence-corrected chi connectivity index (χ3v) is 3.95. The summed E-state index contributed by atoms with van der Waals surface area (Å²) in [6, 6.07) is 7.69. The average molecular weight is 397 g/mol. The Morgan fingerprint density at radius 1 is 1.08 bits per heavy atom. The zero-order valence-corrected chi connectivity index (χ0v) is 16.6. The number of hydrogen-bond donors (Lipinski definition) is 0. The number of benzene rings is 1. The van der Waals surface area contributed by atoms with Gasteiger partial charge in [0.25, 0.3) is 5.89 Å². The molecule has 2 aromatic rings. The molecule has 0 radical (unpaired) electrons. The Morgan fingerprint density at radius 3 is 2.25 bits per heavy atom. The summed E-state index contributed by atoms with van der Waals surface area (Å²) in [4.78, 5) is 4.53. The molecule has 1 heterocycles. The number of halogens is 1. The molecule has 2 rings (SSSR count). The van der Waals surface area contributed by atoms with Crippen molar-refractivity contribution in [2.75, 3.05) is 0 Å². The lowest BCUT2D eigenvalue weighted by Gasteiger charge is -2.23. The summed E-state index contributed by atoms with van der Waals surface area (Å²) < 4.78 is 18.4. The molecule has 1 atom stereocenters. The van der Waals surface area contributed by atoms with E-state index >= 15 is 0 Å². The molecule has 1 aromatic heterocycles. The maximum atomic E-state index is 6.08. The zero-order valence-electron chi connectivity index (χ0n) is 15.0. The van der Waals surface area contributed by atoms with Gasteiger partial charge in [0.1, 0.15) is 11.4 Å². The number of aromatic nitrogens is 2. The molecule has 0 aliphatic carbocycles. The van der Waals surface area contributed by atoms with Crippen molar-refractivity contribution in [3.05, 3.63) is 40.5 Å². The Hall–Kier alpha value is -1.40. The maximum absolute atomic E-state index is 6.08. The van der Waals surface area contributed by atoms with E-state index in [4.69, 9.17) is 14.0 Å². The molecule has 0 amide bonds. The van der Waals surface area contributed by atoms with Gasteiger partial charge in [-0.15, -0.1) is 0 Å². The highest BCUT2D eigenvalue weighted by molar-refractivity contribution is 9.10. The van der Waals surface area contributed by atoms with E-state index < -0.39 is 5.60 Å². The van der Waals surface area contributed by atoms with Gasteiger partial charge in [0.15, 0.2) is 6.10 Å². The van der Waals surface area contributed by atoms with Gasteiger partial charge in [-0.1, -0.05) is 34.9 Å². The molecule has 0 saturated heterocycles. The molecule has 0 fully saturated rings. The van der Waals surface area contributed by atoms with E-state index in [0.717, 1.165) is 10.2 Å². The van der Waals surface area contributed by atoms with Crippen LogP contribution < -0.4 is 4.74 Å². The average Bonchev–Trinajstić information content (AvgIpc) is 2.95. The van der Waals surface area contributed by atoms with Crippen molar-refractivity contribution in [2.24, 2.45) is 5.92 Å². The van der Waals surface area contributed by atoms with Gasteiger partial charge in [-0.25, -0.2) is 0 Å². The topological polar surface area (TPSA) is 57.4 Å². The summed E-state index contributed by atoms with van der Waals surface area (Å²) in [6.45, 7) is 11.9. The molecule has 1 aromatic carbocycles. The minimum Gasteiger partial charge on any atom is -0.482 e. The monoisotopic (exact) mass is 396 g/mol. The lowest BCUT2D eigenvalue weighted by Crippen LogP contribution is -2.26. The highest BCUT2D eigenvalue weighted by atomic mass is 79.9. The van der Waals surface area contributed by atoms with Crippen LogP contribution in [0.4, 0.5) is 0 Å². The highest BCUT2D eigenvalue weighted by Crippen LogP contribution is 2.30. The Bertz CT molecular complexity index is 651. The maximum Gasteiger partial charge on any atom is 0.258 e. The van der Waals surface area contributed by atoms with Crippen LogP contribution in [0, 0.1) is 5.92 Å². The fourth-order valence-electron chi connectivity index (χ4n) is 2.38. The van der Waals surface area contributed by atoms with Gasteiger partial charge in [-0.05, 0) is 57.9 Å². The third kappa shape index (κ3) is 4.80. The molecule has 1 unspecified atom stereocenters. The standard InChI is InChI=1S/C18H25BrN2O3/c1-11(2)15(22-14-9-7-13(19)8-10-14)16-20-17(24-21-16)18(5,6)23-12(3)4/h7-12,15H,1-6H3. The molecule has 0 N–H and O–H groups in total. The van der Waals surface area contributed by atoms with Gasteiger partial charge in [0, 0.05) is 4.47 Å². The lowest BCUT2D eigenvalue weighted by molar-refractivity contribution is -0.0782. The van der Waals surface area contributed by atoms with Crippen LogP contribution in [0.2, 0.25) is 0 Å². The van der Waals surface area contributed by atoms with Crippen LogP contribution >= 0.6 is 15.9 Å². The molecular weight excluding hydrogens is 372 g/mol. The van der Waals surface area contributed by atoms with Crippen LogP contribution in [0.3, 0.4) is 0 Å². The van der Waals surface area contributed by atoms with Gasteiger partial charge in [0.2, 0.25) is 5.82 Å². The first-order chi connectivity index (χ1) is 11.2. The van der Waals surface area contributed by atoms with Gasteiger partial charge < -0.3 is 14.0 Å². The van der Waals surface area contributed by atoms with Crippen LogP contribution in [-0.2, 0) is 10.3 Å². The molecule has 24 heavy (non-hydrogen) atoms. The van der Waals surface area contributed by atoms with Crippen molar-refractivity contribution in [1.29, 1.82) is 0 Å². The SMILES string of the molecule is CC(C)OC(C)(C)c1nc(C(Oc2ccc(Br)cc2)C(C)C)no1. The van der Waals surface area contributed by atoms with E-state index in [1.807, 2.05) is 52.0 Å². The molecule has 5 nitrogen and oxygen atoms in total. The van der Waals surface area contributed by atoms with E-state index in [1.54, 1.807) is 0 Å². The second kappa shape index (κ2) is 7.66. The predicted octanol–water partition coefficient (Wildman–Crippen LogP) is 5.27. The van der Waals surface area contributed by atoms with Crippen LogP contribution in [0.1, 0.15) is 59.4 Å². The van der Waals surface area contributed by atoms with Gasteiger partial charge >= 0.3 is 0 Å². The summed E-state index contributed by atoms with van der Waals surface area (Å²) in [5.74, 6) is 1.94. The van der Waals surface area contributed by atoms with Crippen molar-refractivity contribution >= 4 is 15.9 Å². The summed E-state index contributed by atoms with van der Waals surface area (Å²) >= 11 is 3.42. The first-order valence-corrected chi connectivity index (χ1v) is 8.92. The first kappa shape index (κ1) is 18.9. The molecule has 0 saturated carbocycles. The largest absolute Gasteiger partial charge is 0.482 e. The van der Waals surface area contributed by atoms with Crippen molar-refractivity contribution in [1.82, 2.24) is 10.1 Å². The number of nitrogens with zero attached hydrogens (tertiary/aromatic N) is 2. The van der Waals surface area contributed by atoms with Gasteiger partial charge in [-0.2, -0.15) is 4.98 Å². The van der Waals surface area contributed by atoms with Gasteiger partial charge in [-0.3, -0.25) is 0 Å². The molecule has 6 heteroatoms. The Kier molecular flexibility index (Phi) is 6.04. The van der Waals surface area contributed by atoms with Crippen molar-refractivity contribution in [3.8, 4) is 5.75 Å². The second-order valence-electron chi connectivity index (χ2n) is 6.87. The highest BCUT2D eigenvalue weighted by Gasteiger charge is 2.32. The Labute approximate surface area is 151 Å². The van der Waals surface area contributed by atoms with Crippen LogP contribution in [0.25, 0.3) is 0 Å². The van der Waals surface area contributed by atoms with Crippen molar-refractivity contribution in [3.63, 3.8) is 0 Å². The van der Waals surface area contributed by atoms with E-state index in [2.05, 4.69) is 39.9 Å². The smallest absolute Gasteiger partial charge is 0.258 e. The molecule has 0 aliphatic rings. The van der Waals surface area contributed by atoms with Crippen molar-refractivity contribution < 1.29 is 14.0 Å². The lowest BCUT2D eigenvalue weighted by atomic mass is 10.1. The van der Waals surface area contributed by atoms with E-state index in [1.165, 1.54) is 0 Å². The van der Waals surface area contributed by atoms with E-state index in [0.29, 0.717) is 11.7 Å². The summed E-state index contributed by atoms with van der Waals surface area (Å²) in [7, 11) is 0. The summed E-state index contributed by atoms with van der Waals surface area (Å²) in [6.07, 6.45) is -0.228. The van der Waals surface area contributed by atoms with Crippen molar-refractivity contribution in [2.45, 2.75) is 59.4 Å². The van der Waals surface area contributed by atoms with Crippen LogP contribution in [0.5, 0.6) is 5.75 Å². The third-order valence-electron chi connectivity index (χ3n) is 3.42. The fraction of sp³-hybridized carbons (Fsp3) is 0.556. The number of ether oxygens (including phenoxy) is 2. The van der Waals surface area contributed by atoms with Crippen LogP contribution in [-0.4, -0.2) is 16.2 Å². The second-order valence-corrected chi connectivity index (χ2v) is 7.79. The van der Waals surface area contributed by atoms with E-state index in [-0.39, 0.29) is 18.1 Å². The molecular formula is C18H25BrN2O3. The zero-order chi connectivity index (χ0) is 17.9. The molecule has 132 valence electrons.